The van der Waals surface area contributed by atoms with Crippen molar-refractivity contribution in [3.63, 3.8) is 0 Å². The van der Waals surface area contributed by atoms with Crippen molar-refractivity contribution in [2.75, 3.05) is 10.6 Å². The SMILES string of the molecule is O=[N+]([O-])c1c(Nc2ccc(Cl)c(Cl)c2)ncnc1NC1CCCCCC1. The van der Waals surface area contributed by atoms with Gasteiger partial charge in [0.2, 0.25) is 11.6 Å². The second-order valence-electron chi connectivity index (χ2n) is 6.26. The fourth-order valence-corrected chi connectivity index (χ4v) is 3.37. The highest BCUT2D eigenvalue weighted by molar-refractivity contribution is 6.42. The van der Waals surface area contributed by atoms with Gasteiger partial charge in [-0.1, -0.05) is 48.9 Å². The number of hydrogen-bond donors (Lipinski definition) is 2. The van der Waals surface area contributed by atoms with Gasteiger partial charge in [0.15, 0.2) is 0 Å². The van der Waals surface area contributed by atoms with E-state index >= 15 is 0 Å². The Kier molecular flexibility index (Phi) is 6.11. The summed E-state index contributed by atoms with van der Waals surface area (Å²) >= 11 is 11.9. The first-order valence-corrected chi connectivity index (χ1v) is 9.28. The van der Waals surface area contributed by atoms with Gasteiger partial charge in [-0.05, 0) is 31.0 Å². The molecule has 1 saturated carbocycles. The van der Waals surface area contributed by atoms with Crippen LogP contribution >= 0.6 is 23.2 Å². The topological polar surface area (TPSA) is 93.0 Å². The summed E-state index contributed by atoms with van der Waals surface area (Å²) in [6.45, 7) is 0. The van der Waals surface area contributed by atoms with E-state index in [0.29, 0.717) is 15.7 Å². The average molecular weight is 396 g/mol. The highest BCUT2D eigenvalue weighted by Gasteiger charge is 2.25. The van der Waals surface area contributed by atoms with Gasteiger partial charge in [0.05, 0.1) is 15.0 Å². The smallest absolute Gasteiger partial charge is 0.353 e. The molecule has 0 saturated heterocycles. The maximum absolute atomic E-state index is 11.7. The van der Waals surface area contributed by atoms with Gasteiger partial charge >= 0.3 is 5.69 Å². The minimum absolute atomic E-state index is 0.111. The van der Waals surface area contributed by atoms with E-state index in [0.717, 1.165) is 25.7 Å². The van der Waals surface area contributed by atoms with E-state index in [4.69, 9.17) is 23.2 Å². The molecule has 2 aromatic rings. The average Bonchev–Trinajstić information content (AvgIpc) is 2.87. The van der Waals surface area contributed by atoms with Gasteiger partial charge in [-0.25, -0.2) is 9.97 Å². The minimum Gasteiger partial charge on any atom is -0.361 e. The summed E-state index contributed by atoms with van der Waals surface area (Å²) in [6, 6.07) is 5.07. The molecule has 9 heteroatoms. The van der Waals surface area contributed by atoms with Crippen LogP contribution in [0.25, 0.3) is 0 Å². The van der Waals surface area contributed by atoms with Crippen LogP contribution in [-0.2, 0) is 0 Å². The van der Waals surface area contributed by atoms with Crippen LogP contribution in [0.1, 0.15) is 38.5 Å². The van der Waals surface area contributed by atoms with Crippen molar-refractivity contribution in [2.45, 2.75) is 44.6 Å². The lowest BCUT2D eigenvalue weighted by Crippen LogP contribution is -2.20. The monoisotopic (exact) mass is 395 g/mol. The molecule has 1 fully saturated rings. The summed E-state index contributed by atoms with van der Waals surface area (Å²) in [5.74, 6) is 0.346. The zero-order chi connectivity index (χ0) is 18.5. The molecule has 0 spiro atoms. The molecule has 7 nitrogen and oxygen atoms in total. The first kappa shape index (κ1) is 18.7. The largest absolute Gasteiger partial charge is 0.361 e. The summed E-state index contributed by atoms with van der Waals surface area (Å²) in [4.78, 5) is 19.3. The molecule has 2 N–H and O–H groups in total. The third-order valence-electron chi connectivity index (χ3n) is 4.38. The van der Waals surface area contributed by atoms with Crippen LogP contribution in [0.5, 0.6) is 0 Å². The third kappa shape index (κ3) is 4.53. The molecular formula is C17H19Cl2N5O2. The number of hydrogen-bond acceptors (Lipinski definition) is 6. The Bertz CT molecular complexity index is 795. The minimum atomic E-state index is -0.473. The van der Waals surface area contributed by atoms with E-state index in [9.17, 15) is 10.1 Å². The van der Waals surface area contributed by atoms with Crippen LogP contribution in [0.4, 0.5) is 23.0 Å². The van der Waals surface area contributed by atoms with E-state index in [1.54, 1.807) is 18.2 Å². The molecule has 1 heterocycles. The van der Waals surface area contributed by atoms with Crippen molar-refractivity contribution in [2.24, 2.45) is 0 Å². The highest BCUT2D eigenvalue weighted by atomic mass is 35.5. The number of nitrogens with one attached hydrogen (secondary N) is 2. The molecule has 1 aliphatic carbocycles. The summed E-state index contributed by atoms with van der Waals surface area (Å²) in [6.07, 6.45) is 7.91. The molecule has 26 heavy (non-hydrogen) atoms. The van der Waals surface area contributed by atoms with Crippen LogP contribution in [0, 0.1) is 10.1 Å². The van der Waals surface area contributed by atoms with E-state index in [1.165, 1.54) is 19.2 Å². The van der Waals surface area contributed by atoms with Crippen LogP contribution in [-0.4, -0.2) is 20.9 Å². The maximum atomic E-state index is 11.7. The van der Waals surface area contributed by atoms with Gasteiger partial charge in [-0.15, -0.1) is 0 Å². The number of aromatic nitrogens is 2. The zero-order valence-corrected chi connectivity index (χ0v) is 15.6. The van der Waals surface area contributed by atoms with Crippen molar-refractivity contribution in [1.82, 2.24) is 9.97 Å². The van der Waals surface area contributed by atoms with Crippen molar-refractivity contribution in [3.8, 4) is 0 Å². The van der Waals surface area contributed by atoms with Crippen molar-refractivity contribution in [3.05, 3.63) is 44.7 Å². The van der Waals surface area contributed by atoms with Crippen molar-refractivity contribution in [1.29, 1.82) is 0 Å². The molecule has 1 aliphatic rings. The number of anilines is 3. The molecule has 138 valence electrons. The normalized spacial score (nSPS) is 15.3. The molecular weight excluding hydrogens is 377 g/mol. The third-order valence-corrected chi connectivity index (χ3v) is 5.12. The van der Waals surface area contributed by atoms with Gasteiger partial charge in [-0.3, -0.25) is 10.1 Å². The first-order valence-electron chi connectivity index (χ1n) is 8.52. The molecule has 0 bridgehead atoms. The van der Waals surface area contributed by atoms with Gasteiger partial charge in [0, 0.05) is 11.7 Å². The van der Waals surface area contributed by atoms with Gasteiger partial charge in [0.1, 0.15) is 6.33 Å². The zero-order valence-electron chi connectivity index (χ0n) is 14.0. The Morgan fingerprint density at radius 3 is 2.38 bits per heavy atom. The quantitative estimate of drug-likeness (QED) is 0.390. The number of rotatable bonds is 5. The van der Waals surface area contributed by atoms with E-state index in [2.05, 4.69) is 20.6 Å². The Morgan fingerprint density at radius 2 is 1.73 bits per heavy atom. The van der Waals surface area contributed by atoms with Crippen LogP contribution in [0.2, 0.25) is 10.0 Å². The molecule has 1 aromatic heterocycles. The molecule has 0 aliphatic heterocycles. The number of benzene rings is 1. The fraction of sp³-hybridized carbons (Fsp3) is 0.412. The molecule has 3 rings (SSSR count). The van der Waals surface area contributed by atoms with E-state index in [-0.39, 0.29) is 23.4 Å². The van der Waals surface area contributed by atoms with Crippen LogP contribution < -0.4 is 10.6 Å². The molecule has 0 amide bonds. The Balaban J connectivity index is 1.87. The lowest BCUT2D eigenvalue weighted by Gasteiger charge is -2.17. The lowest BCUT2D eigenvalue weighted by molar-refractivity contribution is -0.383. The van der Waals surface area contributed by atoms with Crippen molar-refractivity contribution >= 4 is 46.2 Å². The van der Waals surface area contributed by atoms with E-state index < -0.39 is 4.92 Å². The summed E-state index contributed by atoms with van der Waals surface area (Å²) < 4.78 is 0. The van der Waals surface area contributed by atoms with Crippen LogP contribution in [0.3, 0.4) is 0 Å². The molecule has 0 unspecified atom stereocenters. The van der Waals surface area contributed by atoms with Crippen molar-refractivity contribution < 1.29 is 4.92 Å². The van der Waals surface area contributed by atoms with E-state index in [1.807, 2.05) is 0 Å². The maximum Gasteiger partial charge on any atom is 0.353 e. The standard InChI is InChI=1S/C17H19Cl2N5O2/c18-13-8-7-12(9-14(13)19)23-17-15(24(25)26)16(20-10-21-17)22-11-5-3-1-2-4-6-11/h7-11H,1-6H2,(H2,20,21,22,23). The predicted octanol–water partition coefficient (Wildman–Crippen LogP) is 5.57. The highest BCUT2D eigenvalue weighted by Crippen LogP contribution is 2.34. The molecule has 1 aromatic carbocycles. The molecule has 0 atom stereocenters. The summed E-state index contributed by atoms with van der Waals surface area (Å²) in [7, 11) is 0. The van der Waals surface area contributed by atoms with Gasteiger partial charge in [-0.2, -0.15) is 0 Å². The van der Waals surface area contributed by atoms with Crippen LogP contribution in [0.15, 0.2) is 24.5 Å². The first-order chi connectivity index (χ1) is 12.5. The Morgan fingerprint density at radius 1 is 1.04 bits per heavy atom. The lowest BCUT2D eigenvalue weighted by atomic mass is 10.1. The summed E-state index contributed by atoms with van der Waals surface area (Å²) in [5.41, 5.74) is 0.379. The predicted molar refractivity (Wildman–Crippen MR) is 104 cm³/mol. The molecule has 0 radical (unpaired) electrons. The van der Waals surface area contributed by atoms with Gasteiger partial charge < -0.3 is 10.6 Å². The Hall–Kier alpha value is -2.12. The second kappa shape index (κ2) is 8.51. The number of halogens is 2. The fourth-order valence-electron chi connectivity index (χ4n) is 3.08. The number of nitro groups is 1. The Labute approximate surface area is 161 Å². The van der Waals surface area contributed by atoms with Gasteiger partial charge in [0.25, 0.3) is 0 Å². The second-order valence-corrected chi connectivity index (χ2v) is 7.08. The summed E-state index contributed by atoms with van der Waals surface area (Å²) in [5, 5.41) is 18.6. The number of nitrogens with zero attached hydrogens (tertiary/aromatic N) is 3.